The number of nitrogens with zero attached hydrogens (tertiary/aromatic N) is 2. The Morgan fingerprint density at radius 3 is 2.71 bits per heavy atom. The molecule has 5 nitrogen and oxygen atoms in total. The number of likely N-dealkylation sites (N-methyl/N-ethyl adjacent to an activating group) is 1. The molecule has 7 heteroatoms. The fraction of sp³-hybridized carbons (Fsp3) is 0.429. The maximum Gasteiger partial charge on any atom is 0.134 e. The Balaban J connectivity index is 1.75. The van der Waals surface area contributed by atoms with Crippen LogP contribution >= 0.6 is 23.6 Å². The Bertz CT molecular complexity index is 877. The Morgan fingerprint density at radius 1 is 1.14 bits per heavy atom. The molecule has 4 rings (SSSR count). The van der Waals surface area contributed by atoms with Gasteiger partial charge in [-0.2, -0.15) is 5.06 Å². The molecule has 0 radical (unpaired) electrons. The molecule has 28 heavy (non-hydrogen) atoms. The molecular formula is C21H25ClN2O3S. The third-order valence-corrected chi connectivity index (χ3v) is 6.58. The van der Waals surface area contributed by atoms with Crippen molar-refractivity contribution in [1.29, 1.82) is 0 Å². The summed E-state index contributed by atoms with van der Waals surface area (Å²) in [6.45, 7) is 0.985. The van der Waals surface area contributed by atoms with Crippen LogP contribution in [0.25, 0.3) is 0 Å². The quantitative estimate of drug-likeness (QED) is 0.449. The molecule has 0 aromatic heterocycles. The van der Waals surface area contributed by atoms with Gasteiger partial charge in [0.1, 0.15) is 5.75 Å². The molecule has 0 amide bonds. The maximum absolute atomic E-state index is 10.3. The van der Waals surface area contributed by atoms with Gasteiger partial charge in [-0.05, 0) is 72.8 Å². The first-order valence-electron chi connectivity index (χ1n) is 9.47. The normalized spacial score (nSPS) is 21.8. The van der Waals surface area contributed by atoms with E-state index in [2.05, 4.69) is 30.1 Å². The van der Waals surface area contributed by atoms with Crippen molar-refractivity contribution in [2.75, 3.05) is 27.7 Å². The van der Waals surface area contributed by atoms with Crippen molar-refractivity contribution in [2.24, 2.45) is 0 Å². The van der Waals surface area contributed by atoms with Crippen molar-refractivity contribution in [2.45, 2.75) is 36.1 Å². The van der Waals surface area contributed by atoms with E-state index in [1.54, 1.807) is 14.1 Å². The van der Waals surface area contributed by atoms with Gasteiger partial charge in [0, 0.05) is 37.5 Å². The monoisotopic (exact) mass is 420 g/mol. The third-order valence-electron chi connectivity index (χ3n) is 5.70. The van der Waals surface area contributed by atoms with Crippen molar-refractivity contribution in [1.82, 2.24) is 9.96 Å². The number of benzene rings is 2. The van der Waals surface area contributed by atoms with Crippen LogP contribution in [0, 0.1) is 0 Å². The fourth-order valence-electron chi connectivity index (χ4n) is 4.37. The van der Waals surface area contributed by atoms with Crippen LogP contribution in [0.2, 0.25) is 5.02 Å². The average Bonchev–Trinajstić information content (AvgIpc) is 2.79. The first-order chi connectivity index (χ1) is 13.4. The van der Waals surface area contributed by atoms with Crippen LogP contribution in [0.5, 0.6) is 5.75 Å². The minimum Gasteiger partial charge on any atom is -0.506 e. The number of halogens is 1. The van der Waals surface area contributed by atoms with Gasteiger partial charge in [-0.15, -0.1) is 9.32 Å². The molecule has 0 bridgehead atoms. The summed E-state index contributed by atoms with van der Waals surface area (Å²) in [7, 11) is 5.74. The lowest BCUT2D eigenvalue weighted by Crippen LogP contribution is -2.39. The van der Waals surface area contributed by atoms with E-state index >= 15 is 0 Å². The minimum absolute atomic E-state index is 0.157. The van der Waals surface area contributed by atoms with E-state index in [0.29, 0.717) is 11.1 Å². The largest absolute Gasteiger partial charge is 0.506 e. The first kappa shape index (κ1) is 20.0. The van der Waals surface area contributed by atoms with Gasteiger partial charge in [0.05, 0.1) is 17.1 Å². The highest BCUT2D eigenvalue weighted by Crippen LogP contribution is 2.45. The predicted molar refractivity (Wildman–Crippen MR) is 112 cm³/mol. The maximum atomic E-state index is 10.3. The summed E-state index contributed by atoms with van der Waals surface area (Å²) in [6.07, 6.45) is 3.09. The molecule has 0 spiro atoms. The average molecular weight is 421 g/mol. The highest BCUT2D eigenvalue weighted by atomic mass is 35.5. The van der Waals surface area contributed by atoms with Crippen LogP contribution in [0.3, 0.4) is 0 Å². The molecule has 1 aliphatic heterocycles. The lowest BCUT2D eigenvalue weighted by Gasteiger charge is -2.38. The van der Waals surface area contributed by atoms with Crippen LogP contribution in [0.1, 0.15) is 34.6 Å². The summed E-state index contributed by atoms with van der Waals surface area (Å²) in [6, 6.07) is 10.7. The standard InChI is InChI=1S/C21H25ClN2O3S/c1-23(2)26-27-28-15-6-4-13-5-7-19-21(16(13)11-15)17-12-20(25)18(22)10-14(17)8-9-24(19)3/h4,6,10-12,19,21,25H,5,7-9H2,1-3H3/t19-,21+/m0/s1. The second kappa shape index (κ2) is 8.22. The second-order valence-electron chi connectivity index (χ2n) is 7.72. The summed E-state index contributed by atoms with van der Waals surface area (Å²) in [5, 5.41) is 12.2. The molecule has 150 valence electrons. The summed E-state index contributed by atoms with van der Waals surface area (Å²) >= 11 is 7.42. The topological polar surface area (TPSA) is 45.2 Å². The van der Waals surface area contributed by atoms with Crippen LogP contribution in [0.4, 0.5) is 0 Å². The summed E-state index contributed by atoms with van der Waals surface area (Å²) < 4.78 is 5.23. The second-order valence-corrected chi connectivity index (χ2v) is 8.90. The van der Waals surface area contributed by atoms with Gasteiger partial charge in [0.15, 0.2) is 0 Å². The van der Waals surface area contributed by atoms with Gasteiger partial charge < -0.3 is 10.0 Å². The van der Waals surface area contributed by atoms with E-state index in [4.69, 9.17) is 20.9 Å². The van der Waals surface area contributed by atoms with Gasteiger partial charge >= 0.3 is 0 Å². The molecule has 0 fully saturated rings. The zero-order valence-electron chi connectivity index (χ0n) is 16.3. The van der Waals surface area contributed by atoms with E-state index in [9.17, 15) is 5.11 Å². The van der Waals surface area contributed by atoms with Crippen LogP contribution in [-0.4, -0.2) is 48.8 Å². The molecule has 1 aliphatic carbocycles. The Morgan fingerprint density at radius 2 is 1.93 bits per heavy atom. The van der Waals surface area contributed by atoms with Crippen molar-refractivity contribution in [3.63, 3.8) is 0 Å². The van der Waals surface area contributed by atoms with Gasteiger partial charge in [0.25, 0.3) is 0 Å². The number of hydrogen-bond donors (Lipinski definition) is 1. The molecule has 2 aromatic rings. The van der Waals surface area contributed by atoms with E-state index in [-0.39, 0.29) is 11.7 Å². The zero-order chi connectivity index (χ0) is 19.8. The lowest BCUT2D eigenvalue weighted by atomic mass is 9.74. The Hall–Kier alpha value is -1.28. The third kappa shape index (κ3) is 3.90. The number of aryl methyl sites for hydroxylation is 1. The van der Waals surface area contributed by atoms with Gasteiger partial charge in [0.2, 0.25) is 0 Å². The highest BCUT2D eigenvalue weighted by molar-refractivity contribution is 7.94. The number of rotatable bonds is 4. The number of hydrogen-bond acceptors (Lipinski definition) is 6. The molecule has 0 unspecified atom stereocenters. The summed E-state index contributed by atoms with van der Waals surface area (Å²) in [5.41, 5.74) is 5.06. The van der Waals surface area contributed by atoms with Crippen LogP contribution in [-0.2, 0) is 22.2 Å². The zero-order valence-corrected chi connectivity index (χ0v) is 17.9. The number of hydroxylamine groups is 2. The van der Waals surface area contributed by atoms with Gasteiger partial charge in [-0.1, -0.05) is 17.7 Å². The first-order valence-corrected chi connectivity index (χ1v) is 10.6. The van der Waals surface area contributed by atoms with Gasteiger partial charge in [-0.3, -0.25) is 0 Å². The van der Waals surface area contributed by atoms with E-state index in [1.165, 1.54) is 39.4 Å². The molecule has 1 N–H and O–H groups in total. The van der Waals surface area contributed by atoms with E-state index in [0.717, 1.165) is 30.7 Å². The smallest absolute Gasteiger partial charge is 0.134 e. The molecule has 2 atom stereocenters. The number of aromatic hydroxyl groups is 1. The molecule has 2 aromatic carbocycles. The molecule has 1 heterocycles. The molecule has 0 saturated carbocycles. The lowest BCUT2D eigenvalue weighted by molar-refractivity contribution is -0.340. The van der Waals surface area contributed by atoms with Crippen molar-refractivity contribution in [3.05, 3.63) is 57.6 Å². The predicted octanol–water partition coefficient (Wildman–Crippen LogP) is 4.41. The molecule has 2 aliphatic rings. The van der Waals surface area contributed by atoms with Crippen LogP contribution < -0.4 is 0 Å². The Labute approximate surface area is 175 Å². The Kier molecular flexibility index (Phi) is 5.88. The fourth-order valence-corrected chi connectivity index (χ4v) is 5.09. The van der Waals surface area contributed by atoms with Crippen molar-refractivity contribution >= 4 is 23.6 Å². The highest BCUT2D eigenvalue weighted by Gasteiger charge is 2.37. The van der Waals surface area contributed by atoms with Crippen LogP contribution in [0.15, 0.2) is 35.2 Å². The number of phenolic OH excluding ortho intramolecular Hbond substituents is 1. The van der Waals surface area contributed by atoms with Crippen molar-refractivity contribution < 1.29 is 14.4 Å². The SMILES string of the molecule is CN(C)OOSc1ccc2c(c1)[C@@H]1c3cc(O)c(Cl)cc3CCN(C)[C@H]1CC2. The summed E-state index contributed by atoms with van der Waals surface area (Å²) in [4.78, 5) is 8.50. The van der Waals surface area contributed by atoms with E-state index < -0.39 is 0 Å². The van der Waals surface area contributed by atoms with Crippen molar-refractivity contribution in [3.8, 4) is 5.75 Å². The minimum atomic E-state index is 0.157. The van der Waals surface area contributed by atoms with Gasteiger partial charge in [-0.25, -0.2) is 0 Å². The molecular weight excluding hydrogens is 396 g/mol. The molecule has 0 saturated heterocycles. The number of phenols is 1. The van der Waals surface area contributed by atoms with E-state index in [1.807, 2.05) is 12.1 Å². The summed E-state index contributed by atoms with van der Waals surface area (Å²) in [5.74, 6) is 0.355. The number of fused-ring (bicyclic) bond motifs is 5.